The van der Waals surface area contributed by atoms with Crippen molar-refractivity contribution in [1.29, 1.82) is 0 Å². The average Bonchev–Trinajstić information content (AvgIpc) is 3.33. The summed E-state index contributed by atoms with van der Waals surface area (Å²) >= 11 is 1.08. The van der Waals surface area contributed by atoms with E-state index in [0.29, 0.717) is 11.4 Å². The van der Waals surface area contributed by atoms with Gasteiger partial charge in [0.2, 0.25) is 0 Å². The standard InChI is InChI=1S/C21H24N4O3S/c1-13-8-9-14(2)16(11-13)25(20(27)15-12-29-24-23-15)18(17-7-6-10-28-17)19(26)22-21(3,4)5/h6-12,18H,1-5H3,(H,22,26)/t18-/m1/s1. The molecule has 0 bridgehead atoms. The molecule has 0 saturated heterocycles. The Labute approximate surface area is 173 Å². The quantitative estimate of drug-likeness (QED) is 0.683. The number of furan rings is 1. The number of aromatic nitrogens is 2. The smallest absolute Gasteiger partial charge is 0.280 e. The highest BCUT2D eigenvalue weighted by Gasteiger charge is 2.38. The highest BCUT2D eigenvalue weighted by Crippen LogP contribution is 2.33. The molecular formula is C21H24N4O3S. The molecule has 3 rings (SSSR count). The maximum Gasteiger partial charge on any atom is 0.280 e. The molecule has 0 aliphatic rings. The van der Waals surface area contributed by atoms with Crippen LogP contribution in [0.25, 0.3) is 0 Å². The van der Waals surface area contributed by atoms with Gasteiger partial charge in [0.1, 0.15) is 5.76 Å². The van der Waals surface area contributed by atoms with Gasteiger partial charge in [0.15, 0.2) is 11.7 Å². The Morgan fingerprint density at radius 2 is 1.97 bits per heavy atom. The van der Waals surface area contributed by atoms with Crippen LogP contribution in [0.15, 0.2) is 46.4 Å². The summed E-state index contributed by atoms with van der Waals surface area (Å²) in [7, 11) is 0. The number of nitrogens with zero attached hydrogens (tertiary/aromatic N) is 3. The molecule has 2 heterocycles. The molecule has 152 valence electrons. The Morgan fingerprint density at radius 3 is 2.55 bits per heavy atom. The Morgan fingerprint density at radius 1 is 1.21 bits per heavy atom. The lowest BCUT2D eigenvalue weighted by Gasteiger charge is -2.33. The van der Waals surface area contributed by atoms with Crippen LogP contribution in [0.5, 0.6) is 0 Å². The molecule has 0 saturated carbocycles. The number of carbonyl (C=O) groups is 2. The lowest BCUT2D eigenvalue weighted by molar-refractivity contribution is -0.124. The molecular weight excluding hydrogens is 388 g/mol. The van der Waals surface area contributed by atoms with Crippen LogP contribution in [0.1, 0.15) is 54.2 Å². The number of aryl methyl sites for hydroxylation is 2. The van der Waals surface area contributed by atoms with Crippen LogP contribution in [0.3, 0.4) is 0 Å². The van der Waals surface area contributed by atoms with Crippen LogP contribution in [0.4, 0.5) is 5.69 Å². The number of benzene rings is 1. The first-order chi connectivity index (χ1) is 13.7. The molecule has 0 radical (unpaired) electrons. The summed E-state index contributed by atoms with van der Waals surface area (Å²) in [5.41, 5.74) is 2.13. The molecule has 2 amide bonds. The first kappa shape index (κ1) is 20.7. The van der Waals surface area contributed by atoms with Crippen molar-refractivity contribution in [3.05, 3.63) is 64.6 Å². The van der Waals surface area contributed by atoms with Gasteiger partial charge in [-0.15, -0.1) is 5.10 Å². The maximum absolute atomic E-state index is 13.5. The van der Waals surface area contributed by atoms with E-state index in [2.05, 4.69) is 14.9 Å². The van der Waals surface area contributed by atoms with E-state index >= 15 is 0 Å². The fourth-order valence-electron chi connectivity index (χ4n) is 2.98. The lowest BCUT2D eigenvalue weighted by atomic mass is 10.0. The Bertz CT molecular complexity index is 992. The molecule has 7 nitrogen and oxygen atoms in total. The van der Waals surface area contributed by atoms with Gasteiger partial charge >= 0.3 is 0 Å². The molecule has 0 unspecified atom stereocenters. The second-order valence-electron chi connectivity index (χ2n) is 7.91. The maximum atomic E-state index is 13.5. The molecule has 0 aliphatic heterocycles. The SMILES string of the molecule is Cc1ccc(C)c(N(C(=O)c2csnn2)[C@@H](C(=O)NC(C)(C)C)c2ccco2)c1. The van der Waals surface area contributed by atoms with E-state index < -0.39 is 17.5 Å². The molecule has 1 atom stereocenters. The number of amides is 2. The number of anilines is 1. The minimum atomic E-state index is -1.00. The fraction of sp³-hybridized carbons (Fsp3) is 0.333. The van der Waals surface area contributed by atoms with Gasteiger partial charge in [-0.1, -0.05) is 16.6 Å². The number of hydrogen-bond acceptors (Lipinski definition) is 6. The van der Waals surface area contributed by atoms with Gasteiger partial charge in [-0.2, -0.15) is 0 Å². The lowest BCUT2D eigenvalue weighted by Crippen LogP contribution is -2.49. The van der Waals surface area contributed by atoms with Crippen molar-refractivity contribution >= 4 is 29.0 Å². The molecule has 29 heavy (non-hydrogen) atoms. The summed E-state index contributed by atoms with van der Waals surface area (Å²) in [6.45, 7) is 9.50. The average molecular weight is 413 g/mol. The van der Waals surface area contributed by atoms with E-state index in [1.54, 1.807) is 17.5 Å². The topological polar surface area (TPSA) is 88.3 Å². The van der Waals surface area contributed by atoms with E-state index in [9.17, 15) is 9.59 Å². The summed E-state index contributed by atoms with van der Waals surface area (Å²) in [4.78, 5) is 28.3. The summed E-state index contributed by atoms with van der Waals surface area (Å²) in [5, 5.41) is 8.46. The third-order valence-corrected chi connectivity index (χ3v) is 4.74. The summed E-state index contributed by atoms with van der Waals surface area (Å²) in [6, 6.07) is 8.15. The van der Waals surface area contributed by atoms with Gasteiger partial charge in [-0.25, -0.2) is 0 Å². The second-order valence-corrected chi connectivity index (χ2v) is 8.52. The molecule has 2 aromatic heterocycles. The highest BCUT2D eigenvalue weighted by atomic mass is 32.1. The van der Waals surface area contributed by atoms with E-state index in [1.807, 2.05) is 52.8 Å². The van der Waals surface area contributed by atoms with E-state index in [0.717, 1.165) is 22.7 Å². The fourth-order valence-corrected chi connectivity index (χ4v) is 3.41. The van der Waals surface area contributed by atoms with Gasteiger partial charge in [-0.3, -0.25) is 14.5 Å². The van der Waals surface area contributed by atoms with Crippen LogP contribution >= 0.6 is 11.5 Å². The molecule has 1 aromatic carbocycles. The van der Waals surface area contributed by atoms with Crippen LogP contribution in [0.2, 0.25) is 0 Å². The molecule has 3 aromatic rings. The van der Waals surface area contributed by atoms with E-state index in [-0.39, 0.29) is 11.6 Å². The largest absolute Gasteiger partial charge is 0.467 e. The van der Waals surface area contributed by atoms with Crippen LogP contribution < -0.4 is 10.2 Å². The van der Waals surface area contributed by atoms with Crippen molar-refractivity contribution < 1.29 is 14.0 Å². The highest BCUT2D eigenvalue weighted by molar-refractivity contribution is 7.03. The van der Waals surface area contributed by atoms with Crippen molar-refractivity contribution in [1.82, 2.24) is 14.9 Å². The summed E-state index contributed by atoms with van der Waals surface area (Å²) in [5.74, 6) is -0.396. The van der Waals surface area contributed by atoms with Gasteiger partial charge in [0, 0.05) is 16.6 Å². The third kappa shape index (κ3) is 4.71. The van der Waals surface area contributed by atoms with Crippen molar-refractivity contribution in [2.75, 3.05) is 4.90 Å². The van der Waals surface area contributed by atoms with E-state index in [1.165, 1.54) is 11.2 Å². The number of carbonyl (C=O) groups excluding carboxylic acids is 2. The van der Waals surface area contributed by atoms with E-state index in [4.69, 9.17) is 4.42 Å². The van der Waals surface area contributed by atoms with Gasteiger partial charge in [0.05, 0.1) is 6.26 Å². The van der Waals surface area contributed by atoms with Crippen molar-refractivity contribution in [3.63, 3.8) is 0 Å². The normalized spacial score (nSPS) is 12.4. The molecule has 1 N–H and O–H groups in total. The minimum Gasteiger partial charge on any atom is -0.467 e. The van der Waals surface area contributed by atoms with Crippen molar-refractivity contribution in [2.24, 2.45) is 0 Å². The number of rotatable bonds is 5. The number of hydrogen-bond donors (Lipinski definition) is 1. The van der Waals surface area contributed by atoms with Crippen molar-refractivity contribution in [2.45, 2.75) is 46.2 Å². The van der Waals surface area contributed by atoms with Gasteiger partial charge in [0.25, 0.3) is 11.8 Å². The molecule has 0 fully saturated rings. The summed E-state index contributed by atoms with van der Waals surface area (Å²) < 4.78 is 9.39. The minimum absolute atomic E-state index is 0.177. The molecule has 0 spiro atoms. The predicted molar refractivity (Wildman–Crippen MR) is 112 cm³/mol. The first-order valence-electron chi connectivity index (χ1n) is 9.20. The molecule has 8 heteroatoms. The zero-order chi connectivity index (χ0) is 21.2. The molecule has 0 aliphatic carbocycles. The van der Waals surface area contributed by atoms with Crippen LogP contribution in [0, 0.1) is 13.8 Å². The number of nitrogens with one attached hydrogen (secondary N) is 1. The Kier molecular flexibility index (Phi) is 5.83. The predicted octanol–water partition coefficient (Wildman–Crippen LogP) is 4.05. The van der Waals surface area contributed by atoms with Crippen molar-refractivity contribution in [3.8, 4) is 0 Å². The Hall–Kier alpha value is -3.00. The van der Waals surface area contributed by atoms with Gasteiger partial charge < -0.3 is 9.73 Å². The zero-order valence-electron chi connectivity index (χ0n) is 17.1. The zero-order valence-corrected chi connectivity index (χ0v) is 17.9. The van der Waals surface area contributed by atoms with Gasteiger partial charge in [-0.05, 0) is 75.5 Å². The monoisotopic (exact) mass is 412 g/mol. The Balaban J connectivity index is 2.19. The van der Waals surface area contributed by atoms with Crippen LogP contribution in [-0.4, -0.2) is 26.9 Å². The third-order valence-electron chi connectivity index (χ3n) is 4.24. The first-order valence-corrected chi connectivity index (χ1v) is 10.0. The second kappa shape index (κ2) is 8.16. The van der Waals surface area contributed by atoms with Crippen LogP contribution in [-0.2, 0) is 4.79 Å². The summed E-state index contributed by atoms with van der Waals surface area (Å²) in [6.07, 6.45) is 1.49.